The lowest BCUT2D eigenvalue weighted by atomic mass is 10.0. The van der Waals surface area contributed by atoms with E-state index in [1.807, 2.05) is 0 Å². The Morgan fingerprint density at radius 3 is 2.68 bits per heavy atom. The van der Waals surface area contributed by atoms with Crippen molar-refractivity contribution in [1.29, 1.82) is 0 Å². The third kappa shape index (κ3) is 1.95. The van der Waals surface area contributed by atoms with E-state index in [1.165, 1.54) is 30.5 Å². The smallest absolute Gasteiger partial charge is 0.150 e. The van der Waals surface area contributed by atoms with Crippen molar-refractivity contribution in [3.05, 3.63) is 66.1 Å². The first-order chi connectivity index (χ1) is 9.16. The minimum absolute atomic E-state index is 0.0301. The highest BCUT2D eigenvalue weighted by Crippen LogP contribution is 2.30. The Hall–Kier alpha value is -2.36. The number of nitrogens with zero attached hydrogens (tertiary/aromatic N) is 1. The maximum absolute atomic E-state index is 14.3. The van der Waals surface area contributed by atoms with Crippen LogP contribution in [0.4, 0.5) is 13.2 Å². The molecule has 3 aromatic rings. The molecule has 0 bridgehead atoms. The zero-order chi connectivity index (χ0) is 13.4. The van der Waals surface area contributed by atoms with Crippen LogP contribution >= 0.6 is 0 Å². The number of rotatable bonds is 1. The largest absolute Gasteiger partial charge is 0.253 e. The van der Waals surface area contributed by atoms with Crippen LogP contribution in [-0.2, 0) is 0 Å². The molecule has 3 rings (SSSR count). The third-order valence-electron chi connectivity index (χ3n) is 2.83. The summed E-state index contributed by atoms with van der Waals surface area (Å²) in [5.41, 5.74) is 0.0970. The average molecular weight is 258 g/mol. The molecule has 0 aliphatic carbocycles. The van der Waals surface area contributed by atoms with Gasteiger partial charge in [0.05, 0.1) is 0 Å². The summed E-state index contributed by atoms with van der Waals surface area (Å²) in [7, 11) is 0. The number of halogens is 3. The predicted molar refractivity (Wildman–Crippen MR) is 65.9 cm³/mol. The Morgan fingerprint density at radius 1 is 1.05 bits per heavy atom. The highest BCUT2D eigenvalue weighted by molar-refractivity contribution is 5.85. The predicted octanol–water partition coefficient (Wildman–Crippen LogP) is 4.12. The fraction of sp³-hybridized carbons (Fsp3) is 0. The van der Waals surface area contributed by atoms with Crippen molar-refractivity contribution in [2.75, 3.05) is 0 Å². The molecular formula is C15H7F3N. The molecule has 2 aromatic carbocycles. The van der Waals surface area contributed by atoms with E-state index in [2.05, 4.69) is 11.1 Å². The van der Waals surface area contributed by atoms with Crippen molar-refractivity contribution in [2.45, 2.75) is 0 Å². The minimum Gasteiger partial charge on any atom is -0.253 e. The molecule has 1 aromatic heterocycles. The van der Waals surface area contributed by atoms with Crippen LogP contribution in [0.3, 0.4) is 0 Å². The van der Waals surface area contributed by atoms with Gasteiger partial charge in [-0.05, 0) is 42.0 Å². The highest BCUT2D eigenvalue weighted by Gasteiger charge is 2.14. The second kappa shape index (κ2) is 4.39. The minimum atomic E-state index is -0.648. The lowest BCUT2D eigenvalue weighted by Crippen LogP contribution is -1.93. The molecule has 0 aliphatic rings. The molecule has 0 spiro atoms. The van der Waals surface area contributed by atoms with Gasteiger partial charge in [0.1, 0.15) is 23.0 Å². The second-order valence-electron chi connectivity index (χ2n) is 4.04. The quantitative estimate of drug-likeness (QED) is 0.639. The van der Waals surface area contributed by atoms with E-state index in [0.717, 1.165) is 12.1 Å². The van der Waals surface area contributed by atoms with Gasteiger partial charge in [0.15, 0.2) is 0 Å². The SMILES string of the molecule is Fc1cc[c]c(-c2cc(F)c3ncccc3c2F)c1. The standard InChI is InChI=1S/C15H7F3N/c16-10-4-1-3-9(7-10)12-8-13(17)15-11(14(12)18)5-2-6-19-15/h1-2,4-8H. The molecule has 0 atom stereocenters. The van der Waals surface area contributed by atoms with Gasteiger partial charge in [-0.3, -0.25) is 4.98 Å². The molecule has 0 N–H and O–H groups in total. The number of benzene rings is 2. The van der Waals surface area contributed by atoms with Gasteiger partial charge in [0.25, 0.3) is 0 Å². The van der Waals surface area contributed by atoms with E-state index in [0.29, 0.717) is 0 Å². The summed E-state index contributed by atoms with van der Waals surface area (Å²) >= 11 is 0. The maximum Gasteiger partial charge on any atom is 0.150 e. The van der Waals surface area contributed by atoms with Gasteiger partial charge in [-0.15, -0.1) is 0 Å². The van der Waals surface area contributed by atoms with Crippen LogP contribution in [0.2, 0.25) is 0 Å². The van der Waals surface area contributed by atoms with E-state index in [9.17, 15) is 13.2 Å². The molecule has 0 saturated heterocycles. The van der Waals surface area contributed by atoms with E-state index < -0.39 is 17.5 Å². The topological polar surface area (TPSA) is 12.9 Å². The molecule has 1 heterocycles. The molecule has 0 saturated carbocycles. The summed E-state index contributed by atoms with van der Waals surface area (Å²) in [5, 5.41) is 0.0650. The van der Waals surface area contributed by atoms with Crippen molar-refractivity contribution in [3.63, 3.8) is 0 Å². The molecule has 0 aliphatic heterocycles. The summed E-state index contributed by atoms with van der Waals surface area (Å²) < 4.78 is 41.3. The van der Waals surface area contributed by atoms with Crippen LogP contribution in [0.1, 0.15) is 0 Å². The first-order valence-electron chi connectivity index (χ1n) is 5.57. The van der Waals surface area contributed by atoms with E-state index in [4.69, 9.17) is 0 Å². The molecule has 4 heteroatoms. The second-order valence-corrected chi connectivity index (χ2v) is 4.04. The lowest BCUT2D eigenvalue weighted by molar-refractivity contribution is 0.616. The molecule has 19 heavy (non-hydrogen) atoms. The summed E-state index contributed by atoms with van der Waals surface area (Å²) in [6.45, 7) is 0. The normalized spacial score (nSPS) is 10.9. The van der Waals surface area contributed by atoms with Crippen LogP contribution in [0.5, 0.6) is 0 Å². The number of hydrogen-bond acceptors (Lipinski definition) is 1. The third-order valence-corrected chi connectivity index (χ3v) is 2.83. The first-order valence-corrected chi connectivity index (χ1v) is 5.57. The van der Waals surface area contributed by atoms with Gasteiger partial charge < -0.3 is 0 Å². The van der Waals surface area contributed by atoms with E-state index in [1.54, 1.807) is 0 Å². The Balaban J connectivity index is 2.34. The first kappa shape index (κ1) is 11.7. The van der Waals surface area contributed by atoms with Crippen molar-refractivity contribution in [1.82, 2.24) is 4.98 Å². The van der Waals surface area contributed by atoms with Gasteiger partial charge in [0.2, 0.25) is 0 Å². The number of pyridine rings is 1. The summed E-state index contributed by atoms with van der Waals surface area (Å²) in [5.74, 6) is -1.81. The fourth-order valence-electron chi connectivity index (χ4n) is 1.97. The van der Waals surface area contributed by atoms with Gasteiger partial charge in [-0.1, -0.05) is 6.07 Å². The molecule has 0 amide bonds. The zero-order valence-electron chi connectivity index (χ0n) is 9.62. The van der Waals surface area contributed by atoms with Gasteiger partial charge >= 0.3 is 0 Å². The van der Waals surface area contributed by atoms with Crippen LogP contribution < -0.4 is 0 Å². The Kier molecular flexibility index (Phi) is 2.71. The fourth-order valence-corrected chi connectivity index (χ4v) is 1.97. The van der Waals surface area contributed by atoms with E-state index in [-0.39, 0.29) is 22.0 Å². The van der Waals surface area contributed by atoms with Gasteiger partial charge in [-0.2, -0.15) is 0 Å². The van der Waals surface area contributed by atoms with Crippen molar-refractivity contribution < 1.29 is 13.2 Å². The molecular weight excluding hydrogens is 251 g/mol. The van der Waals surface area contributed by atoms with E-state index >= 15 is 0 Å². The molecule has 0 unspecified atom stereocenters. The van der Waals surface area contributed by atoms with Crippen LogP contribution in [0, 0.1) is 23.5 Å². The summed E-state index contributed by atoms with van der Waals surface area (Å²) in [6, 6.07) is 10.3. The number of hydrogen-bond donors (Lipinski definition) is 0. The average Bonchev–Trinajstić information content (AvgIpc) is 2.43. The van der Waals surface area contributed by atoms with Crippen molar-refractivity contribution in [3.8, 4) is 11.1 Å². The Labute approximate surface area is 107 Å². The molecule has 1 radical (unpaired) electrons. The highest BCUT2D eigenvalue weighted by atomic mass is 19.1. The van der Waals surface area contributed by atoms with Crippen LogP contribution in [0.15, 0.2) is 42.6 Å². The number of aromatic nitrogens is 1. The summed E-state index contributed by atoms with van der Waals surface area (Å²) in [6.07, 6.45) is 1.39. The molecule has 93 valence electrons. The van der Waals surface area contributed by atoms with Gasteiger partial charge in [0, 0.05) is 17.1 Å². The maximum atomic E-state index is 14.3. The molecule has 0 fully saturated rings. The van der Waals surface area contributed by atoms with Gasteiger partial charge in [-0.25, -0.2) is 13.2 Å². The van der Waals surface area contributed by atoms with Crippen molar-refractivity contribution >= 4 is 10.9 Å². The number of fused-ring (bicyclic) bond motifs is 1. The van der Waals surface area contributed by atoms with Crippen LogP contribution in [-0.4, -0.2) is 4.98 Å². The zero-order valence-corrected chi connectivity index (χ0v) is 9.62. The lowest BCUT2D eigenvalue weighted by Gasteiger charge is -2.07. The Morgan fingerprint density at radius 2 is 1.89 bits per heavy atom. The Bertz CT molecular complexity index is 768. The summed E-state index contributed by atoms with van der Waals surface area (Å²) in [4.78, 5) is 3.79. The van der Waals surface area contributed by atoms with Crippen LogP contribution in [0.25, 0.3) is 22.0 Å². The molecule has 1 nitrogen and oxygen atoms in total. The van der Waals surface area contributed by atoms with Crippen molar-refractivity contribution in [2.24, 2.45) is 0 Å². The monoisotopic (exact) mass is 258 g/mol.